The van der Waals surface area contributed by atoms with Gasteiger partial charge in [0.25, 0.3) is 0 Å². The molecule has 140 valence electrons. The molecule has 0 atom stereocenters. The standard InChI is InChI=1S/C20H34N4O/c1-16-19(23-18-8-6-17(21)7-9-18)10-11-20(22-16)24-12-4-2-3-5-14-25-15-13-24/h10-11,17-18,23H,2-9,12-15,21H2,1H3. The molecule has 0 aromatic carbocycles. The van der Waals surface area contributed by atoms with Crippen LogP contribution in [0.25, 0.3) is 0 Å². The van der Waals surface area contributed by atoms with Crippen molar-refractivity contribution < 1.29 is 4.74 Å². The van der Waals surface area contributed by atoms with E-state index in [-0.39, 0.29) is 0 Å². The summed E-state index contributed by atoms with van der Waals surface area (Å²) in [5.74, 6) is 1.08. The Morgan fingerprint density at radius 2 is 1.84 bits per heavy atom. The zero-order chi connectivity index (χ0) is 17.5. The molecule has 1 saturated carbocycles. The summed E-state index contributed by atoms with van der Waals surface area (Å²) < 4.78 is 5.73. The lowest BCUT2D eigenvalue weighted by atomic mass is 9.91. The molecule has 0 spiro atoms. The van der Waals surface area contributed by atoms with Crippen LogP contribution in [0.3, 0.4) is 0 Å². The summed E-state index contributed by atoms with van der Waals surface area (Å²) in [7, 11) is 0. The van der Waals surface area contributed by atoms with Crippen molar-refractivity contribution in [1.82, 2.24) is 4.98 Å². The molecule has 2 fully saturated rings. The summed E-state index contributed by atoms with van der Waals surface area (Å²) in [6.07, 6.45) is 9.55. The molecule has 1 saturated heterocycles. The first kappa shape index (κ1) is 18.5. The Kier molecular flexibility index (Phi) is 6.93. The molecule has 1 aliphatic carbocycles. The van der Waals surface area contributed by atoms with Crippen molar-refractivity contribution in [3.63, 3.8) is 0 Å². The molecular weight excluding hydrogens is 312 g/mol. The van der Waals surface area contributed by atoms with Gasteiger partial charge in [0.2, 0.25) is 0 Å². The molecule has 0 amide bonds. The van der Waals surface area contributed by atoms with E-state index >= 15 is 0 Å². The first-order chi connectivity index (χ1) is 12.2. The second-order valence-corrected chi connectivity index (χ2v) is 7.57. The second kappa shape index (κ2) is 9.39. The van der Waals surface area contributed by atoms with E-state index in [1.807, 2.05) is 0 Å². The van der Waals surface area contributed by atoms with Crippen LogP contribution in [-0.4, -0.2) is 43.4 Å². The molecule has 25 heavy (non-hydrogen) atoms. The highest BCUT2D eigenvalue weighted by molar-refractivity contribution is 5.54. The number of rotatable bonds is 3. The Morgan fingerprint density at radius 3 is 2.64 bits per heavy atom. The average molecular weight is 347 g/mol. The van der Waals surface area contributed by atoms with Crippen LogP contribution in [0.5, 0.6) is 0 Å². The maximum Gasteiger partial charge on any atom is 0.129 e. The topological polar surface area (TPSA) is 63.4 Å². The van der Waals surface area contributed by atoms with Crippen molar-refractivity contribution in [2.24, 2.45) is 5.73 Å². The average Bonchev–Trinajstić information content (AvgIpc) is 2.63. The SMILES string of the molecule is Cc1nc(N2CCCCCCOCC2)ccc1NC1CCC(N)CC1. The van der Waals surface area contributed by atoms with Crippen molar-refractivity contribution >= 4 is 11.5 Å². The summed E-state index contributed by atoms with van der Waals surface area (Å²) in [5, 5.41) is 3.68. The van der Waals surface area contributed by atoms with Gasteiger partial charge in [0.15, 0.2) is 0 Å². The van der Waals surface area contributed by atoms with Gasteiger partial charge in [-0.2, -0.15) is 0 Å². The molecule has 2 aliphatic rings. The molecule has 0 unspecified atom stereocenters. The van der Waals surface area contributed by atoms with Crippen LogP contribution in [-0.2, 0) is 4.74 Å². The maximum atomic E-state index is 6.01. The van der Waals surface area contributed by atoms with Crippen LogP contribution in [0.4, 0.5) is 11.5 Å². The quantitative estimate of drug-likeness (QED) is 0.877. The minimum atomic E-state index is 0.391. The monoisotopic (exact) mass is 346 g/mol. The zero-order valence-corrected chi connectivity index (χ0v) is 15.7. The number of pyridine rings is 1. The van der Waals surface area contributed by atoms with Gasteiger partial charge in [-0.15, -0.1) is 0 Å². The summed E-state index contributed by atoms with van der Waals surface area (Å²) >= 11 is 0. The predicted octanol–water partition coefficient (Wildman–Crippen LogP) is 3.47. The molecule has 5 heteroatoms. The molecule has 3 N–H and O–H groups in total. The van der Waals surface area contributed by atoms with Gasteiger partial charge >= 0.3 is 0 Å². The van der Waals surface area contributed by atoms with Crippen molar-refractivity contribution in [1.29, 1.82) is 0 Å². The number of hydrogen-bond donors (Lipinski definition) is 2. The summed E-state index contributed by atoms with van der Waals surface area (Å²) in [5.41, 5.74) is 8.27. The van der Waals surface area contributed by atoms with Crippen molar-refractivity contribution in [2.45, 2.75) is 70.4 Å². The fourth-order valence-corrected chi connectivity index (χ4v) is 3.84. The minimum absolute atomic E-state index is 0.391. The lowest BCUT2D eigenvalue weighted by molar-refractivity contribution is 0.133. The van der Waals surface area contributed by atoms with Crippen LogP contribution in [0, 0.1) is 6.92 Å². The van der Waals surface area contributed by atoms with Gasteiger partial charge in [0.1, 0.15) is 5.82 Å². The summed E-state index contributed by atoms with van der Waals surface area (Å²) in [6.45, 7) is 5.80. The number of nitrogens with two attached hydrogens (primary N) is 1. The Morgan fingerprint density at radius 1 is 1.04 bits per heavy atom. The van der Waals surface area contributed by atoms with E-state index in [4.69, 9.17) is 15.5 Å². The van der Waals surface area contributed by atoms with Gasteiger partial charge in [0.05, 0.1) is 18.0 Å². The van der Waals surface area contributed by atoms with E-state index in [2.05, 4.69) is 29.3 Å². The lowest BCUT2D eigenvalue weighted by Crippen LogP contribution is -2.33. The highest BCUT2D eigenvalue weighted by atomic mass is 16.5. The second-order valence-electron chi connectivity index (χ2n) is 7.57. The van der Waals surface area contributed by atoms with E-state index in [0.717, 1.165) is 63.5 Å². The number of nitrogens with zero attached hydrogens (tertiary/aromatic N) is 2. The molecule has 1 aromatic rings. The largest absolute Gasteiger partial charge is 0.381 e. The van der Waals surface area contributed by atoms with Gasteiger partial charge in [-0.1, -0.05) is 12.8 Å². The summed E-state index contributed by atoms with van der Waals surface area (Å²) in [6, 6.07) is 5.29. The van der Waals surface area contributed by atoms with Crippen LogP contribution in [0.2, 0.25) is 0 Å². The summed E-state index contributed by atoms with van der Waals surface area (Å²) in [4.78, 5) is 7.26. The lowest BCUT2D eigenvalue weighted by Gasteiger charge is -2.29. The fraction of sp³-hybridized carbons (Fsp3) is 0.750. The van der Waals surface area contributed by atoms with Gasteiger partial charge < -0.3 is 20.7 Å². The molecule has 5 nitrogen and oxygen atoms in total. The van der Waals surface area contributed by atoms with Crippen LogP contribution < -0.4 is 16.0 Å². The van der Waals surface area contributed by atoms with Crippen LogP contribution >= 0.6 is 0 Å². The third-order valence-electron chi connectivity index (χ3n) is 5.50. The zero-order valence-electron chi connectivity index (χ0n) is 15.7. The molecule has 0 radical (unpaired) electrons. The van der Waals surface area contributed by atoms with Crippen molar-refractivity contribution in [3.05, 3.63) is 17.8 Å². The first-order valence-electron chi connectivity index (χ1n) is 10.0. The number of nitrogens with one attached hydrogen (secondary N) is 1. The molecule has 0 bridgehead atoms. The van der Waals surface area contributed by atoms with Gasteiger partial charge in [-0.25, -0.2) is 4.98 Å². The Labute approximate surface area is 152 Å². The van der Waals surface area contributed by atoms with Gasteiger partial charge in [-0.05, 0) is 57.6 Å². The van der Waals surface area contributed by atoms with Crippen LogP contribution in [0.1, 0.15) is 57.1 Å². The highest BCUT2D eigenvalue weighted by Gasteiger charge is 2.19. The van der Waals surface area contributed by atoms with Crippen LogP contribution in [0.15, 0.2) is 12.1 Å². The Balaban J connectivity index is 1.61. The van der Waals surface area contributed by atoms with Crippen molar-refractivity contribution in [3.8, 4) is 0 Å². The maximum absolute atomic E-state index is 6.01. The van der Waals surface area contributed by atoms with E-state index < -0.39 is 0 Å². The number of aryl methyl sites for hydroxylation is 1. The number of ether oxygens (including phenoxy) is 1. The number of hydrogen-bond acceptors (Lipinski definition) is 5. The first-order valence-corrected chi connectivity index (χ1v) is 10.0. The normalized spacial score (nSPS) is 26.2. The van der Waals surface area contributed by atoms with E-state index in [1.165, 1.54) is 31.4 Å². The molecule has 2 heterocycles. The predicted molar refractivity (Wildman–Crippen MR) is 104 cm³/mol. The molecule has 1 aliphatic heterocycles. The third-order valence-corrected chi connectivity index (χ3v) is 5.50. The van der Waals surface area contributed by atoms with Gasteiger partial charge in [0, 0.05) is 31.8 Å². The van der Waals surface area contributed by atoms with E-state index in [0.29, 0.717) is 12.1 Å². The van der Waals surface area contributed by atoms with Gasteiger partial charge in [-0.3, -0.25) is 0 Å². The fourth-order valence-electron chi connectivity index (χ4n) is 3.84. The van der Waals surface area contributed by atoms with Crippen molar-refractivity contribution in [2.75, 3.05) is 36.5 Å². The molecular formula is C20H34N4O. The molecule has 1 aromatic heterocycles. The Bertz CT molecular complexity index is 518. The van der Waals surface area contributed by atoms with E-state index in [1.54, 1.807) is 0 Å². The molecule has 3 rings (SSSR count). The van der Waals surface area contributed by atoms with E-state index in [9.17, 15) is 0 Å². The Hall–Kier alpha value is -1.33. The number of aromatic nitrogens is 1. The smallest absolute Gasteiger partial charge is 0.129 e. The number of anilines is 2. The highest BCUT2D eigenvalue weighted by Crippen LogP contribution is 2.25. The third kappa shape index (κ3) is 5.58. The minimum Gasteiger partial charge on any atom is -0.381 e.